The van der Waals surface area contributed by atoms with Crippen LogP contribution < -0.4 is 0 Å². The van der Waals surface area contributed by atoms with Gasteiger partial charge in [-0.3, -0.25) is 0 Å². The quantitative estimate of drug-likeness (QED) is 0.517. The molecule has 96 valence electrons. The van der Waals surface area contributed by atoms with Crippen LogP contribution in [0.4, 0.5) is 0 Å². The molecule has 0 fully saturated rings. The lowest BCUT2D eigenvalue weighted by Crippen LogP contribution is -1.93. The molecule has 0 aliphatic rings. The first-order valence-corrected chi connectivity index (χ1v) is 8.28. The Labute approximate surface area is 126 Å². The van der Waals surface area contributed by atoms with Crippen LogP contribution in [0.3, 0.4) is 0 Å². The monoisotopic (exact) mass is 330 g/mol. The van der Waals surface area contributed by atoms with Gasteiger partial charge in [-0.05, 0) is 40.8 Å². The minimum absolute atomic E-state index is 0.434. The van der Waals surface area contributed by atoms with E-state index in [1.807, 2.05) is 11.3 Å². The van der Waals surface area contributed by atoms with E-state index in [1.165, 1.54) is 21.2 Å². The molecule has 0 spiro atoms. The Balaban J connectivity index is 1.74. The first-order valence-electron chi connectivity index (χ1n) is 6.49. The van der Waals surface area contributed by atoms with Crippen molar-refractivity contribution in [2.24, 2.45) is 0 Å². The Bertz CT molecular complexity index is 657. The molecule has 0 bridgehead atoms. The molecule has 0 N–H and O–H groups in total. The van der Waals surface area contributed by atoms with Crippen LogP contribution in [-0.2, 0) is 6.42 Å². The fourth-order valence-electron chi connectivity index (χ4n) is 2.36. The van der Waals surface area contributed by atoms with Gasteiger partial charge in [0.1, 0.15) is 0 Å². The zero-order valence-electron chi connectivity index (χ0n) is 10.6. The lowest BCUT2D eigenvalue weighted by Gasteiger charge is -2.10. The number of benzene rings is 2. The highest BCUT2D eigenvalue weighted by Crippen LogP contribution is 2.31. The predicted molar refractivity (Wildman–Crippen MR) is 88.3 cm³/mol. The summed E-state index contributed by atoms with van der Waals surface area (Å²) in [4.78, 5) is 0.434. The van der Waals surface area contributed by atoms with E-state index in [-0.39, 0.29) is 0 Å². The molecule has 1 aromatic heterocycles. The van der Waals surface area contributed by atoms with Crippen LogP contribution in [-0.4, -0.2) is 0 Å². The van der Waals surface area contributed by atoms with Gasteiger partial charge in [0.2, 0.25) is 0 Å². The minimum Gasteiger partial charge on any atom is -0.144 e. The van der Waals surface area contributed by atoms with Crippen molar-refractivity contribution in [3.63, 3.8) is 0 Å². The Hall–Kier alpha value is -1.12. The molecule has 0 radical (unpaired) electrons. The van der Waals surface area contributed by atoms with Gasteiger partial charge >= 0.3 is 0 Å². The largest absolute Gasteiger partial charge is 0.144 e. The Morgan fingerprint density at radius 1 is 0.947 bits per heavy atom. The zero-order valence-corrected chi connectivity index (χ0v) is 13.0. The van der Waals surface area contributed by atoms with E-state index in [9.17, 15) is 0 Å². The third-order valence-corrected chi connectivity index (χ3v) is 5.38. The zero-order chi connectivity index (χ0) is 13.1. The molecule has 0 nitrogen and oxygen atoms in total. The highest BCUT2D eigenvalue weighted by molar-refractivity contribution is 9.09. The summed E-state index contributed by atoms with van der Waals surface area (Å²) in [6.07, 6.45) is 2.24. The summed E-state index contributed by atoms with van der Waals surface area (Å²) < 4.78 is 1.44. The molecular weight excluding hydrogens is 316 g/mol. The second kappa shape index (κ2) is 5.89. The maximum Gasteiger partial charge on any atom is 0.0398 e. The molecule has 0 saturated heterocycles. The van der Waals surface area contributed by atoms with Gasteiger partial charge in [-0.15, -0.1) is 11.3 Å². The van der Waals surface area contributed by atoms with Gasteiger partial charge in [-0.2, -0.15) is 0 Å². The smallest absolute Gasteiger partial charge is 0.0398 e. The van der Waals surface area contributed by atoms with Gasteiger partial charge in [-0.1, -0.05) is 64.5 Å². The topological polar surface area (TPSA) is 0 Å². The molecule has 0 saturated carbocycles. The molecule has 2 aromatic carbocycles. The molecule has 3 aromatic rings. The molecule has 3 rings (SSSR count). The second-order valence-electron chi connectivity index (χ2n) is 4.67. The first kappa shape index (κ1) is 12.9. The molecule has 1 atom stereocenters. The van der Waals surface area contributed by atoms with Crippen molar-refractivity contribution in [3.05, 3.63) is 71.1 Å². The van der Waals surface area contributed by atoms with Crippen LogP contribution in [0.2, 0.25) is 0 Å². The van der Waals surface area contributed by atoms with E-state index in [4.69, 9.17) is 0 Å². The number of halogens is 1. The van der Waals surface area contributed by atoms with E-state index >= 15 is 0 Å². The molecule has 2 heteroatoms. The van der Waals surface area contributed by atoms with Crippen molar-refractivity contribution in [2.45, 2.75) is 17.7 Å². The number of rotatable bonds is 4. The highest BCUT2D eigenvalue weighted by Gasteiger charge is 2.09. The van der Waals surface area contributed by atoms with Crippen LogP contribution in [0, 0.1) is 0 Å². The molecule has 1 unspecified atom stereocenters. The summed E-state index contributed by atoms with van der Waals surface area (Å²) in [7, 11) is 0. The van der Waals surface area contributed by atoms with Gasteiger partial charge in [0.05, 0.1) is 0 Å². The van der Waals surface area contributed by atoms with E-state index in [2.05, 4.69) is 75.9 Å². The van der Waals surface area contributed by atoms with Crippen molar-refractivity contribution in [2.75, 3.05) is 0 Å². The molecule has 0 aliphatic carbocycles. The molecular formula is C17H15BrS. The van der Waals surface area contributed by atoms with Crippen LogP contribution in [0.1, 0.15) is 22.4 Å². The second-order valence-corrected chi connectivity index (χ2v) is 6.69. The molecule has 0 amide bonds. The maximum absolute atomic E-state index is 3.80. The molecule has 19 heavy (non-hydrogen) atoms. The summed E-state index contributed by atoms with van der Waals surface area (Å²) in [5.74, 6) is 0. The first-order chi connectivity index (χ1) is 9.34. The van der Waals surface area contributed by atoms with Gasteiger partial charge in [0.25, 0.3) is 0 Å². The van der Waals surface area contributed by atoms with E-state index in [0.717, 1.165) is 12.8 Å². The average Bonchev–Trinajstić information content (AvgIpc) is 2.94. The van der Waals surface area contributed by atoms with Crippen LogP contribution in [0.5, 0.6) is 0 Å². The van der Waals surface area contributed by atoms with Crippen molar-refractivity contribution >= 4 is 37.4 Å². The van der Waals surface area contributed by atoms with Crippen LogP contribution in [0.15, 0.2) is 60.0 Å². The Morgan fingerprint density at radius 2 is 1.79 bits per heavy atom. The fraction of sp³-hybridized carbons (Fsp3) is 0.176. The maximum atomic E-state index is 3.80. The molecule has 1 heterocycles. The summed E-state index contributed by atoms with van der Waals surface area (Å²) in [5, 5.41) is 3.55. The molecule has 0 aliphatic heterocycles. The van der Waals surface area contributed by atoms with Crippen molar-refractivity contribution in [1.29, 1.82) is 0 Å². The van der Waals surface area contributed by atoms with E-state index in [0.29, 0.717) is 4.83 Å². The number of aryl methyl sites for hydroxylation is 1. The Kier molecular flexibility index (Phi) is 4.00. The van der Waals surface area contributed by atoms with Crippen molar-refractivity contribution < 1.29 is 0 Å². The average molecular weight is 331 g/mol. The van der Waals surface area contributed by atoms with Crippen molar-refractivity contribution in [1.82, 2.24) is 0 Å². The number of thiophene rings is 1. The lowest BCUT2D eigenvalue weighted by molar-refractivity contribution is 0.818. The van der Waals surface area contributed by atoms with E-state index < -0.39 is 0 Å². The Morgan fingerprint density at radius 3 is 2.63 bits per heavy atom. The third-order valence-electron chi connectivity index (χ3n) is 3.39. The van der Waals surface area contributed by atoms with Crippen molar-refractivity contribution in [3.8, 4) is 0 Å². The SMILES string of the molecule is BrC(CCc1cccc2ccsc12)c1ccccc1. The van der Waals surface area contributed by atoms with Gasteiger partial charge in [0, 0.05) is 9.53 Å². The predicted octanol–water partition coefficient (Wildman–Crippen LogP) is 5.97. The van der Waals surface area contributed by atoms with Crippen LogP contribution >= 0.6 is 27.3 Å². The van der Waals surface area contributed by atoms with Gasteiger partial charge < -0.3 is 0 Å². The number of hydrogen-bond donors (Lipinski definition) is 0. The summed E-state index contributed by atoms with van der Waals surface area (Å²) in [6, 6.07) is 19.4. The normalized spacial score (nSPS) is 12.7. The third kappa shape index (κ3) is 2.90. The minimum atomic E-state index is 0.434. The van der Waals surface area contributed by atoms with E-state index in [1.54, 1.807) is 0 Å². The highest BCUT2D eigenvalue weighted by atomic mass is 79.9. The number of fused-ring (bicyclic) bond motifs is 1. The summed E-state index contributed by atoms with van der Waals surface area (Å²) in [6.45, 7) is 0. The van der Waals surface area contributed by atoms with Crippen LogP contribution in [0.25, 0.3) is 10.1 Å². The summed E-state index contributed by atoms with van der Waals surface area (Å²) in [5.41, 5.74) is 2.83. The number of alkyl halides is 1. The standard InChI is InChI=1S/C17H15BrS/c18-16(13-5-2-1-3-6-13)10-9-14-7-4-8-15-11-12-19-17(14)15/h1-8,11-12,16H,9-10H2. The van der Waals surface area contributed by atoms with Gasteiger partial charge in [-0.25, -0.2) is 0 Å². The number of hydrogen-bond acceptors (Lipinski definition) is 1. The summed E-state index contributed by atoms with van der Waals surface area (Å²) >= 11 is 5.65. The van der Waals surface area contributed by atoms with Gasteiger partial charge in [0.15, 0.2) is 0 Å². The lowest BCUT2D eigenvalue weighted by atomic mass is 10.0. The fourth-order valence-corrected chi connectivity index (χ4v) is 3.84.